The number of benzene rings is 1. The molecule has 0 heterocycles. The molecule has 0 saturated carbocycles. The average molecular weight is 324 g/mol. The summed E-state index contributed by atoms with van der Waals surface area (Å²) in [5.74, 6) is -0.923. The molecule has 0 amide bonds. The van der Waals surface area contributed by atoms with Gasteiger partial charge in [-0.2, -0.15) is 13.1 Å². The summed E-state index contributed by atoms with van der Waals surface area (Å²) in [4.78, 5) is 0. The maximum atomic E-state index is 11.1. The fourth-order valence-electron chi connectivity index (χ4n) is 1.43. The van der Waals surface area contributed by atoms with Crippen molar-refractivity contribution < 1.29 is 22.4 Å². The lowest BCUT2D eigenvalue weighted by Crippen LogP contribution is -2.27. The molecule has 1 aromatic rings. The molecule has 20 heavy (non-hydrogen) atoms. The van der Waals surface area contributed by atoms with E-state index in [1.807, 2.05) is 4.72 Å². The second-order valence-corrected chi connectivity index (χ2v) is 6.52. The zero-order valence-corrected chi connectivity index (χ0v) is 13.1. The highest BCUT2D eigenvalue weighted by Gasteiger charge is 2.17. The van der Waals surface area contributed by atoms with Crippen molar-refractivity contribution >= 4 is 21.9 Å². The minimum absolute atomic E-state index is 0.0638. The molecule has 2 N–H and O–H groups in total. The number of aliphatic hydroxyl groups is 1. The number of nitrogens with one attached hydrogen (secondary N) is 1. The van der Waals surface area contributed by atoms with E-state index in [0.29, 0.717) is 16.3 Å². The highest BCUT2D eigenvalue weighted by atomic mass is 35.5. The maximum Gasteiger partial charge on any atom is 0.335 e. The van der Waals surface area contributed by atoms with Crippen molar-refractivity contribution in [3.05, 3.63) is 28.8 Å². The zero-order chi connectivity index (χ0) is 15.4. The molecule has 8 heteroatoms. The fourth-order valence-corrected chi connectivity index (χ4v) is 2.05. The number of halogens is 1. The third kappa shape index (κ3) is 6.06. The largest absolute Gasteiger partial charge is 0.463 e. The van der Waals surface area contributed by atoms with Crippen LogP contribution in [0.4, 0.5) is 0 Å². The molecule has 6 nitrogen and oxygen atoms in total. The van der Waals surface area contributed by atoms with Crippen molar-refractivity contribution in [2.24, 2.45) is 0 Å². The van der Waals surface area contributed by atoms with Gasteiger partial charge >= 0.3 is 10.3 Å². The van der Waals surface area contributed by atoms with Crippen LogP contribution < -0.4 is 9.46 Å². The molecule has 0 aliphatic heterocycles. The van der Waals surface area contributed by atoms with Crippen molar-refractivity contribution in [3.8, 4) is 5.75 Å². The van der Waals surface area contributed by atoms with Crippen molar-refractivity contribution in [1.82, 2.24) is 4.72 Å². The molecule has 0 fully saturated rings. The summed E-state index contributed by atoms with van der Waals surface area (Å²) < 4.78 is 34.4. The SMILES string of the molecule is CNS(=O)(=O)OCCc1cc(Cl)ccc1OC(C)(C)O. The van der Waals surface area contributed by atoms with E-state index in [9.17, 15) is 13.5 Å². The van der Waals surface area contributed by atoms with Crippen LogP contribution in [0.15, 0.2) is 18.2 Å². The number of rotatable bonds is 7. The summed E-state index contributed by atoms with van der Waals surface area (Å²) in [6, 6.07) is 4.87. The van der Waals surface area contributed by atoms with E-state index in [4.69, 9.17) is 20.5 Å². The molecule has 0 radical (unpaired) electrons. The maximum absolute atomic E-state index is 11.1. The molecule has 1 aromatic carbocycles. The Morgan fingerprint density at radius 3 is 2.60 bits per heavy atom. The van der Waals surface area contributed by atoms with Crippen molar-refractivity contribution in [2.45, 2.75) is 26.1 Å². The third-order valence-corrected chi connectivity index (χ3v) is 3.45. The number of hydrogen-bond donors (Lipinski definition) is 2. The average Bonchev–Trinajstić information content (AvgIpc) is 2.31. The summed E-state index contributed by atoms with van der Waals surface area (Å²) in [5, 5.41) is 10.2. The lowest BCUT2D eigenvalue weighted by atomic mass is 10.1. The van der Waals surface area contributed by atoms with E-state index in [0.717, 1.165) is 0 Å². The van der Waals surface area contributed by atoms with Gasteiger partial charge in [-0.1, -0.05) is 11.6 Å². The van der Waals surface area contributed by atoms with Gasteiger partial charge in [0.25, 0.3) is 0 Å². The Balaban J connectivity index is 2.80. The third-order valence-electron chi connectivity index (χ3n) is 2.24. The fraction of sp³-hybridized carbons (Fsp3) is 0.500. The van der Waals surface area contributed by atoms with Crippen LogP contribution in [0, 0.1) is 0 Å². The Morgan fingerprint density at radius 1 is 1.40 bits per heavy atom. The van der Waals surface area contributed by atoms with Crippen LogP contribution in [0.2, 0.25) is 5.02 Å². The Morgan fingerprint density at radius 2 is 2.05 bits per heavy atom. The number of hydrogen-bond acceptors (Lipinski definition) is 5. The minimum atomic E-state index is -3.72. The molecule has 0 atom stereocenters. The van der Waals surface area contributed by atoms with E-state index in [1.165, 1.54) is 20.9 Å². The quantitative estimate of drug-likeness (QED) is 0.742. The monoisotopic (exact) mass is 323 g/mol. The van der Waals surface area contributed by atoms with Crippen LogP contribution in [0.1, 0.15) is 19.4 Å². The van der Waals surface area contributed by atoms with Crippen LogP contribution >= 0.6 is 11.6 Å². The Bertz CT molecular complexity index is 553. The molecule has 0 aromatic heterocycles. The number of ether oxygens (including phenoxy) is 1. The Labute approximate surface area is 123 Å². The van der Waals surface area contributed by atoms with Crippen LogP contribution in [0.25, 0.3) is 0 Å². The summed E-state index contributed by atoms with van der Waals surface area (Å²) in [7, 11) is -2.46. The Kier molecular flexibility index (Phi) is 5.79. The van der Waals surface area contributed by atoms with Crippen LogP contribution in [0.5, 0.6) is 5.75 Å². The predicted octanol–water partition coefficient (Wildman–Crippen LogP) is 1.47. The second kappa shape index (κ2) is 6.73. The van der Waals surface area contributed by atoms with Gasteiger partial charge in [-0.15, -0.1) is 0 Å². The highest BCUT2D eigenvalue weighted by molar-refractivity contribution is 7.84. The summed E-state index contributed by atoms with van der Waals surface area (Å²) >= 11 is 5.89. The molecule has 0 aliphatic rings. The highest BCUT2D eigenvalue weighted by Crippen LogP contribution is 2.26. The van der Waals surface area contributed by atoms with E-state index < -0.39 is 16.1 Å². The van der Waals surface area contributed by atoms with Crippen LogP contribution in [0.3, 0.4) is 0 Å². The summed E-state index contributed by atoms with van der Waals surface area (Å²) in [5.41, 5.74) is 0.644. The normalized spacial score (nSPS) is 12.4. The van der Waals surface area contributed by atoms with E-state index >= 15 is 0 Å². The molecular weight excluding hydrogens is 306 g/mol. The second-order valence-electron chi connectivity index (χ2n) is 4.53. The van der Waals surface area contributed by atoms with Gasteiger partial charge in [0.05, 0.1) is 6.61 Å². The predicted molar refractivity (Wildman–Crippen MR) is 76.0 cm³/mol. The first-order chi connectivity index (χ1) is 9.13. The first-order valence-electron chi connectivity index (χ1n) is 5.91. The summed E-state index contributed by atoms with van der Waals surface area (Å²) in [6.07, 6.45) is 0.271. The molecule has 1 rings (SSSR count). The van der Waals surface area contributed by atoms with Gasteiger partial charge < -0.3 is 9.84 Å². The van der Waals surface area contributed by atoms with Gasteiger partial charge in [0.1, 0.15) is 5.75 Å². The molecular formula is C12H18ClNO5S. The van der Waals surface area contributed by atoms with Crippen molar-refractivity contribution in [2.75, 3.05) is 13.7 Å². The van der Waals surface area contributed by atoms with Gasteiger partial charge in [-0.05, 0) is 23.8 Å². The molecule has 114 valence electrons. The van der Waals surface area contributed by atoms with Gasteiger partial charge in [0.2, 0.25) is 5.79 Å². The zero-order valence-electron chi connectivity index (χ0n) is 11.5. The molecule has 0 aliphatic carbocycles. The first kappa shape index (κ1) is 17.2. The molecule has 0 bridgehead atoms. The van der Waals surface area contributed by atoms with Gasteiger partial charge in [0.15, 0.2) is 0 Å². The van der Waals surface area contributed by atoms with Crippen molar-refractivity contribution in [1.29, 1.82) is 0 Å². The van der Waals surface area contributed by atoms with Gasteiger partial charge in [0, 0.05) is 32.3 Å². The van der Waals surface area contributed by atoms with E-state index in [-0.39, 0.29) is 13.0 Å². The Hall–Kier alpha value is -0.860. The van der Waals surface area contributed by atoms with Gasteiger partial charge in [-0.3, -0.25) is 4.18 Å². The molecule has 0 unspecified atom stereocenters. The van der Waals surface area contributed by atoms with E-state index in [1.54, 1.807) is 18.2 Å². The topological polar surface area (TPSA) is 84.9 Å². The van der Waals surface area contributed by atoms with Crippen molar-refractivity contribution in [3.63, 3.8) is 0 Å². The van der Waals surface area contributed by atoms with E-state index in [2.05, 4.69) is 0 Å². The lowest BCUT2D eigenvalue weighted by molar-refractivity contribution is -0.105. The lowest BCUT2D eigenvalue weighted by Gasteiger charge is -2.22. The molecule has 0 spiro atoms. The smallest absolute Gasteiger partial charge is 0.335 e. The first-order valence-corrected chi connectivity index (χ1v) is 7.69. The van der Waals surface area contributed by atoms with Gasteiger partial charge in [-0.25, -0.2) is 0 Å². The minimum Gasteiger partial charge on any atom is -0.463 e. The van der Waals surface area contributed by atoms with Crippen LogP contribution in [-0.4, -0.2) is 33.0 Å². The standard InChI is InChI=1S/C12H18ClNO5S/c1-12(2,15)19-11-5-4-10(13)8-9(11)6-7-18-20(16,17)14-3/h4-5,8,14-15H,6-7H2,1-3H3. The molecule has 0 saturated heterocycles. The summed E-state index contributed by atoms with van der Waals surface area (Å²) in [6.45, 7) is 2.92. The van der Waals surface area contributed by atoms with Crippen LogP contribution in [-0.2, 0) is 20.9 Å².